The first-order chi connectivity index (χ1) is 35.2. The van der Waals surface area contributed by atoms with Gasteiger partial charge in [0.15, 0.2) is 0 Å². The van der Waals surface area contributed by atoms with Crippen molar-refractivity contribution in [3.8, 4) is 5.75 Å². The van der Waals surface area contributed by atoms with Crippen molar-refractivity contribution in [2.45, 2.75) is 89.4 Å². The van der Waals surface area contributed by atoms with Gasteiger partial charge in [-0.1, -0.05) is 6.92 Å². The van der Waals surface area contributed by atoms with E-state index in [4.69, 9.17) is 9.72 Å². The maximum absolute atomic E-state index is 13.3. The number of piperidine rings is 3. The van der Waals surface area contributed by atoms with Gasteiger partial charge >= 0.3 is 0 Å². The molecule has 1 saturated carbocycles. The van der Waals surface area contributed by atoms with E-state index in [0.29, 0.717) is 74.7 Å². The van der Waals surface area contributed by atoms with Crippen LogP contribution in [0.2, 0.25) is 0 Å². The Hall–Kier alpha value is -6.16. The number of methoxy groups -OCH3 is 1. The van der Waals surface area contributed by atoms with Crippen LogP contribution in [0, 0.1) is 5.41 Å². The number of ether oxygens (including phenoxy) is 1. The predicted molar refractivity (Wildman–Crippen MR) is 284 cm³/mol. The average Bonchev–Trinajstić information content (AvgIpc) is 3.71. The topological polar surface area (TPSA) is 210 Å². The normalized spacial score (nSPS) is 21.1. The van der Waals surface area contributed by atoms with Crippen molar-refractivity contribution in [3.63, 3.8) is 0 Å². The first kappa shape index (κ1) is 49.1. The lowest BCUT2D eigenvalue weighted by molar-refractivity contribution is -0.136. The van der Waals surface area contributed by atoms with Crippen molar-refractivity contribution in [2.75, 3.05) is 90.9 Å². The number of hydrogen-bond donors (Lipinski definition) is 4. The number of piperazine rings is 1. The van der Waals surface area contributed by atoms with Crippen molar-refractivity contribution in [1.82, 2.24) is 40.0 Å². The van der Waals surface area contributed by atoms with E-state index in [2.05, 4.69) is 102 Å². The number of nitrogens with zero attached hydrogens (tertiary/aromatic N) is 9. The summed E-state index contributed by atoms with van der Waals surface area (Å²) in [5, 5.41) is 9.04. The van der Waals surface area contributed by atoms with Crippen LogP contribution in [0.3, 0.4) is 0 Å². The zero-order chi connectivity index (χ0) is 50.6. The molecule has 5 aliphatic heterocycles. The van der Waals surface area contributed by atoms with Gasteiger partial charge in [0, 0.05) is 119 Å². The summed E-state index contributed by atoms with van der Waals surface area (Å²) in [7, 11) is -1.97. The van der Waals surface area contributed by atoms with E-state index >= 15 is 0 Å². The molecule has 1 unspecified atom stereocenters. The van der Waals surface area contributed by atoms with Crippen LogP contribution in [0.5, 0.6) is 5.75 Å². The molecule has 4 N–H and O–H groups in total. The van der Waals surface area contributed by atoms with Crippen molar-refractivity contribution in [2.24, 2.45) is 5.41 Å². The molecule has 21 heteroatoms. The average molecular weight is 1080 g/mol. The van der Waals surface area contributed by atoms with E-state index in [1.54, 1.807) is 36.5 Å². The molecule has 5 aromatic rings. The minimum Gasteiger partial charge on any atom is -0.494 e. The van der Waals surface area contributed by atoms with Gasteiger partial charge < -0.3 is 30.1 Å². The van der Waals surface area contributed by atoms with E-state index < -0.39 is 16.1 Å². The molecule has 3 aromatic carbocycles. The minimum absolute atomic E-state index is 0.123. The van der Waals surface area contributed by atoms with Crippen LogP contribution in [0.25, 0.3) is 11.0 Å². The van der Waals surface area contributed by atoms with Crippen molar-refractivity contribution in [3.05, 3.63) is 82.2 Å². The van der Waals surface area contributed by atoms with Gasteiger partial charge in [-0.3, -0.25) is 44.2 Å². The summed E-state index contributed by atoms with van der Waals surface area (Å²) in [4.78, 5) is 67.6. The SMILES string of the molecule is CCc1cc(Nc2ncc(Br)c(Nc3ccc4nccnc4c3NS(C)(=O)=O)n2)c(OC)cc1N1CCC(N2CCN(C3CC4(CCN(c5ccc6c(c5)CN(C5CCC(=O)NC5=O)C6=O)CC4)C3)CC2)CC1. The molecule has 0 radical (unpaired) electrons. The number of rotatable bonds is 13. The number of benzene rings is 3. The highest BCUT2D eigenvalue weighted by molar-refractivity contribution is 9.10. The predicted octanol–water partition coefficient (Wildman–Crippen LogP) is 6.41. The molecular weight excluding hydrogens is 1010 g/mol. The fourth-order valence-corrected chi connectivity index (χ4v) is 13.1. The van der Waals surface area contributed by atoms with Crippen LogP contribution >= 0.6 is 15.9 Å². The maximum atomic E-state index is 13.3. The van der Waals surface area contributed by atoms with Crippen LogP contribution in [-0.2, 0) is 32.6 Å². The summed E-state index contributed by atoms with van der Waals surface area (Å²) in [5.41, 5.74) is 7.97. The summed E-state index contributed by atoms with van der Waals surface area (Å²) in [6, 6.07) is 14.5. The van der Waals surface area contributed by atoms with Crippen LogP contribution < -0.4 is 35.2 Å². The number of carbonyl (C=O) groups excluding carboxylic acids is 3. The Kier molecular flexibility index (Phi) is 13.4. The molecule has 1 aliphatic carbocycles. The van der Waals surface area contributed by atoms with Gasteiger partial charge in [0.1, 0.15) is 23.1 Å². The molecule has 5 fully saturated rings. The van der Waals surface area contributed by atoms with Gasteiger partial charge in [-0.25, -0.2) is 13.4 Å². The van der Waals surface area contributed by atoms with Crippen molar-refractivity contribution >= 4 is 94.9 Å². The zero-order valence-electron chi connectivity index (χ0n) is 41.5. The third-order valence-electron chi connectivity index (χ3n) is 16.2. The Bertz CT molecular complexity index is 3080. The molecule has 1 spiro atoms. The largest absolute Gasteiger partial charge is 0.494 e. The first-order valence-corrected chi connectivity index (χ1v) is 28.2. The number of halogens is 1. The van der Waals surface area contributed by atoms with E-state index in [-0.39, 0.29) is 29.8 Å². The second-order valence-corrected chi connectivity index (χ2v) is 23.1. The molecule has 19 nitrogen and oxygen atoms in total. The number of fused-ring (bicyclic) bond motifs is 2. The van der Waals surface area contributed by atoms with Gasteiger partial charge in [-0.2, -0.15) is 4.98 Å². The highest BCUT2D eigenvalue weighted by Gasteiger charge is 2.48. The molecule has 6 aliphatic rings. The lowest BCUT2D eigenvalue weighted by atomic mass is 9.60. The van der Waals surface area contributed by atoms with Crippen LogP contribution in [0.4, 0.5) is 40.2 Å². The number of carbonyl (C=O) groups is 3. The Morgan fingerprint density at radius 3 is 2.29 bits per heavy atom. The van der Waals surface area contributed by atoms with E-state index in [1.165, 1.54) is 43.1 Å². The second-order valence-electron chi connectivity index (χ2n) is 20.5. The summed E-state index contributed by atoms with van der Waals surface area (Å²) in [6.45, 7) is 11.0. The van der Waals surface area contributed by atoms with E-state index in [9.17, 15) is 22.8 Å². The summed E-state index contributed by atoms with van der Waals surface area (Å²) < 4.78 is 33.9. The molecule has 7 heterocycles. The summed E-state index contributed by atoms with van der Waals surface area (Å²) in [6.07, 6.45) is 14.4. The molecule has 384 valence electrons. The number of amides is 3. The van der Waals surface area contributed by atoms with Crippen molar-refractivity contribution in [1.29, 1.82) is 0 Å². The van der Waals surface area contributed by atoms with Gasteiger partial charge in [0.05, 0.1) is 40.4 Å². The van der Waals surface area contributed by atoms with Gasteiger partial charge in [-0.05, 0) is 120 Å². The molecule has 73 heavy (non-hydrogen) atoms. The van der Waals surface area contributed by atoms with Crippen LogP contribution in [0.15, 0.2) is 65.5 Å². The third kappa shape index (κ3) is 10.00. The maximum Gasteiger partial charge on any atom is 0.255 e. The number of nitrogens with one attached hydrogen (secondary N) is 4. The zero-order valence-corrected chi connectivity index (χ0v) is 43.9. The molecule has 2 aromatic heterocycles. The molecule has 4 saturated heterocycles. The third-order valence-corrected chi connectivity index (χ3v) is 17.3. The monoisotopic (exact) mass is 1080 g/mol. The van der Waals surface area contributed by atoms with E-state index in [1.807, 2.05) is 6.07 Å². The highest BCUT2D eigenvalue weighted by atomic mass is 79.9. The molecular formula is C52H62BrN13O6S. The van der Waals surface area contributed by atoms with E-state index in [0.717, 1.165) is 94.8 Å². The Morgan fingerprint density at radius 1 is 0.836 bits per heavy atom. The number of hydrogen-bond acceptors (Lipinski definition) is 16. The number of anilines is 7. The van der Waals surface area contributed by atoms with Gasteiger partial charge in [-0.15, -0.1) is 0 Å². The summed E-state index contributed by atoms with van der Waals surface area (Å²) in [5.74, 6) is 0.653. The quantitative estimate of drug-likeness (QED) is 0.0939. The fourth-order valence-electron chi connectivity index (χ4n) is 12.2. The number of imide groups is 1. The van der Waals surface area contributed by atoms with Crippen molar-refractivity contribution < 1.29 is 27.5 Å². The Morgan fingerprint density at radius 2 is 1.58 bits per heavy atom. The smallest absolute Gasteiger partial charge is 0.255 e. The number of aromatic nitrogens is 4. The van der Waals surface area contributed by atoms with Gasteiger partial charge in [0.2, 0.25) is 27.8 Å². The number of sulfonamides is 1. The van der Waals surface area contributed by atoms with Crippen LogP contribution in [-0.4, -0.2) is 145 Å². The van der Waals surface area contributed by atoms with Gasteiger partial charge in [0.25, 0.3) is 5.91 Å². The summed E-state index contributed by atoms with van der Waals surface area (Å²) >= 11 is 3.56. The molecule has 11 rings (SSSR count). The highest BCUT2D eigenvalue weighted by Crippen LogP contribution is 2.52. The van der Waals surface area contributed by atoms with Crippen LogP contribution in [0.1, 0.15) is 79.8 Å². The minimum atomic E-state index is -3.65. The second kappa shape index (κ2) is 19.9. The standard InChI is InChI=1S/C52H62BrN13O6S/c1-4-32-26-41(58-51-56-30-38(53)48(60-51)57-40-8-7-39-46(55-16-15-54-39)47(40)61-73(3,70)71)44(72-2)27-43(32)65-17-11-34(12-18-65)63-21-23-64(24-22-63)36-28-52(29-36)13-19-62(20-14-52)35-5-6-37-33(25-35)31-66(50(37)69)42-9-10-45(67)59-49(42)68/h5-8,15-16,25-27,30,34,36,42,61H,4,9-14,17-24,28-29,31H2,1-3H3,(H,59,67,68)(H2,56,57,58,60). The Balaban J connectivity index is 0.657. The Labute approximate surface area is 434 Å². The molecule has 3 amide bonds. The number of aryl methyl sites for hydroxylation is 1. The molecule has 1 atom stereocenters. The lowest BCUT2D eigenvalue weighted by Crippen LogP contribution is -2.60. The first-order valence-electron chi connectivity index (χ1n) is 25.5. The fraction of sp³-hybridized carbons (Fsp3) is 0.481. The lowest BCUT2D eigenvalue weighted by Gasteiger charge is -2.57. The molecule has 0 bridgehead atoms.